The number of para-hydroxylation sites is 1. The zero-order valence-electron chi connectivity index (χ0n) is 13.3. The van der Waals surface area contributed by atoms with Gasteiger partial charge >= 0.3 is 5.97 Å². The lowest BCUT2D eigenvalue weighted by Crippen LogP contribution is -2.19. The summed E-state index contributed by atoms with van der Waals surface area (Å²) in [7, 11) is 0. The minimum Gasteiger partial charge on any atom is -0.488 e. The topological polar surface area (TPSA) is 97.7 Å². The lowest BCUT2D eigenvalue weighted by Gasteiger charge is -2.10. The summed E-state index contributed by atoms with van der Waals surface area (Å²) in [5.74, 6) is -3.85. The fourth-order valence-electron chi connectivity index (χ4n) is 2.15. The van der Waals surface area contributed by atoms with Crippen LogP contribution in [0.1, 0.15) is 28.8 Å². The van der Waals surface area contributed by atoms with E-state index in [4.69, 9.17) is 9.84 Å². The Kier molecular flexibility index (Phi) is 6.17. The van der Waals surface area contributed by atoms with Gasteiger partial charge in [0.1, 0.15) is 18.1 Å². The molecular formula is C19H16O6. The molecule has 2 aromatic rings. The van der Waals surface area contributed by atoms with Gasteiger partial charge in [-0.1, -0.05) is 42.5 Å². The summed E-state index contributed by atoms with van der Waals surface area (Å²) in [6.45, 7) is 0.260. The van der Waals surface area contributed by atoms with E-state index in [1.165, 1.54) is 6.07 Å². The van der Waals surface area contributed by atoms with Gasteiger partial charge in [-0.3, -0.25) is 14.4 Å². The molecule has 0 aliphatic carbocycles. The highest BCUT2D eigenvalue weighted by Gasteiger charge is 2.21. The van der Waals surface area contributed by atoms with E-state index in [0.29, 0.717) is 5.75 Å². The maximum absolute atomic E-state index is 12.3. The van der Waals surface area contributed by atoms with Crippen LogP contribution in [0.3, 0.4) is 0 Å². The Morgan fingerprint density at radius 3 is 2.16 bits per heavy atom. The van der Waals surface area contributed by atoms with Gasteiger partial charge in [-0.05, 0) is 17.7 Å². The van der Waals surface area contributed by atoms with Crippen LogP contribution in [-0.2, 0) is 21.0 Å². The quantitative estimate of drug-likeness (QED) is 0.428. The van der Waals surface area contributed by atoms with Crippen molar-refractivity contribution in [3.8, 4) is 5.75 Å². The highest BCUT2D eigenvalue weighted by Crippen LogP contribution is 2.21. The van der Waals surface area contributed by atoms with E-state index in [1.54, 1.807) is 18.2 Å². The van der Waals surface area contributed by atoms with E-state index in [-0.39, 0.29) is 12.2 Å². The molecule has 128 valence electrons. The van der Waals surface area contributed by atoms with E-state index < -0.39 is 36.2 Å². The summed E-state index contributed by atoms with van der Waals surface area (Å²) in [5, 5.41) is 8.50. The van der Waals surface area contributed by atoms with E-state index in [2.05, 4.69) is 0 Å². The minimum absolute atomic E-state index is 0.217. The fourth-order valence-corrected chi connectivity index (χ4v) is 2.15. The zero-order valence-corrected chi connectivity index (χ0v) is 13.3. The van der Waals surface area contributed by atoms with Crippen molar-refractivity contribution in [1.29, 1.82) is 0 Å². The molecular weight excluding hydrogens is 324 g/mol. The molecule has 1 N–H and O–H groups in total. The number of benzene rings is 2. The first-order valence-corrected chi connectivity index (χ1v) is 7.54. The smallest absolute Gasteiger partial charge is 0.372 e. The van der Waals surface area contributed by atoms with Crippen LogP contribution in [0.15, 0.2) is 54.6 Å². The van der Waals surface area contributed by atoms with Crippen LogP contribution in [0, 0.1) is 0 Å². The molecule has 2 rings (SSSR count). The molecule has 0 saturated heterocycles. The third-order valence-corrected chi connectivity index (χ3v) is 3.38. The number of carbonyl (C=O) groups is 4. The van der Waals surface area contributed by atoms with Crippen molar-refractivity contribution in [1.82, 2.24) is 0 Å². The summed E-state index contributed by atoms with van der Waals surface area (Å²) in [6, 6.07) is 15.9. The lowest BCUT2D eigenvalue weighted by atomic mass is 10.0. The molecule has 0 spiro atoms. The number of carboxylic acids is 1. The van der Waals surface area contributed by atoms with Gasteiger partial charge in [-0.15, -0.1) is 0 Å². The molecule has 0 unspecified atom stereocenters. The number of carboxylic acid groups (broad SMARTS) is 1. The number of ketones is 3. The molecule has 0 fully saturated rings. The van der Waals surface area contributed by atoms with Crippen LogP contribution in [0.4, 0.5) is 0 Å². The minimum atomic E-state index is -1.69. The molecule has 0 radical (unpaired) electrons. The number of hydrogen-bond donors (Lipinski definition) is 1. The van der Waals surface area contributed by atoms with Crippen LogP contribution in [0.25, 0.3) is 0 Å². The van der Waals surface area contributed by atoms with Crippen molar-refractivity contribution in [2.24, 2.45) is 0 Å². The van der Waals surface area contributed by atoms with Gasteiger partial charge in [-0.2, -0.15) is 0 Å². The van der Waals surface area contributed by atoms with Gasteiger partial charge in [0, 0.05) is 0 Å². The van der Waals surface area contributed by atoms with Crippen molar-refractivity contribution < 1.29 is 29.0 Å². The van der Waals surface area contributed by atoms with Gasteiger partial charge in [0.05, 0.1) is 18.4 Å². The molecule has 0 saturated carbocycles. The summed E-state index contributed by atoms with van der Waals surface area (Å²) < 4.78 is 5.65. The second kappa shape index (κ2) is 8.54. The molecule has 0 bridgehead atoms. The molecule has 0 aromatic heterocycles. The van der Waals surface area contributed by atoms with Crippen LogP contribution < -0.4 is 4.74 Å². The highest BCUT2D eigenvalue weighted by atomic mass is 16.5. The Labute approximate surface area is 144 Å². The van der Waals surface area contributed by atoms with Crippen LogP contribution in [0.2, 0.25) is 0 Å². The van der Waals surface area contributed by atoms with Crippen LogP contribution in [0.5, 0.6) is 5.75 Å². The second-order valence-electron chi connectivity index (χ2n) is 5.31. The van der Waals surface area contributed by atoms with E-state index in [1.807, 2.05) is 30.3 Å². The number of Topliss-reactive ketones (excluding diaryl/α,β-unsaturated/α-hetero) is 3. The molecule has 0 heterocycles. The van der Waals surface area contributed by atoms with Gasteiger partial charge in [0.25, 0.3) is 0 Å². The van der Waals surface area contributed by atoms with Gasteiger partial charge in [-0.25, -0.2) is 4.79 Å². The maximum Gasteiger partial charge on any atom is 0.372 e. The molecule has 6 heteroatoms. The number of aliphatic carboxylic acids is 1. The van der Waals surface area contributed by atoms with E-state index in [9.17, 15) is 19.2 Å². The maximum atomic E-state index is 12.3. The Hall–Kier alpha value is -3.28. The second-order valence-corrected chi connectivity index (χ2v) is 5.31. The Morgan fingerprint density at radius 2 is 1.48 bits per heavy atom. The van der Waals surface area contributed by atoms with Crippen LogP contribution in [-0.4, -0.2) is 28.4 Å². The number of ether oxygens (including phenoxy) is 1. The Balaban J connectivity index is 2.03. The van der Waals surface area contributed by atoms with Crippen molar-refractivity contribution in [3.05, 3.63) is 65.7 Å². The van der Waals surface area contributed by atoms with Crippen molar-refractivity contribution in [3.63, 3.8) is 0 Å². The summed E-state index contributed by atoms with van der Waals surface area (Å²) in [4.78, 5) is 45.5. The van der Waals surface area contributed by atoms with E-state index in [0.717, 1.165) is 5.56 Å². The molecule has 0 aliphatic heterocycles. The average molecular weight is 340 g/mol. The normalized spacial score (nSPS) is 10.1. The SMILES string of the molecule is O=C(CC(=O)C(=O)O)CC(=O)c1ccccc1OCc1ccccc1. The Morgan fingerprint density at radius 1 is 0.840 bits per heavy atom. The average Bonchev–Trinajstić information content (AvgIpc) is 2.60. The lowest BCUT2D eigenvalue weighted by molar-refractivity contribution is -0.150. The number of rotatable bonds is 9. The largest absolute Gasteiger partial charge is 0.488 e. The number of hydrogen-bond acceptors (Lipinski definition) is 5. The molecule has 25 heavy (non-hydrogen) atoms. The molecule has 0 amide bonds. The molecule has 0 aliphatic rings. The standard InChI is InChI=1S/C19H16O6/c20-14(11-17(22)19(23)24)10-16(21)15-8-4-5-9-18(15)25-12-13-6-2-1-3-7-13/h1-9H,10-12H2,(H,23,24). The first kappa shape index (κ1) is 18.1. The van der Waals surface area contributed by atoms with Gasteiger partial charge < -0.3 is 9.84 Å². The third-order valence-electron chi connectivity index (χ3n) is 3.38. The zero-order chi connectivity index (χ0) is 18.2. The predicted octanol–water partition coefficient (Wildman–Crippen LogP) is 2.45. The summed E-state index contributed by atoms with van der Waals surface area (Å²) in [6.07, 6.45) is -1.35. The summed E-state index contributed by atoms with van der Waals surface area (Å²) in [5.41, 5.74) is 1.14. The van der Waals surface area contributed by atoms with E-state index >= 15 is 0 Å². The van der Waals surface area contributed by atoms with Crippen LogP contribution >= 0.6 is 0 Å². The first-order valence-electron chi connectivity index (χ1n) is 7.54. The molecule has 0 atom stereocenters. The Bertz CT molecular complexity index is 795. The number of carbonyl (C=O) groups excluding carboxylic acids is 3. The van der Waals surface area contributed by atoms with Crippen molar-refractivity contribution in [2.45, 2.75) is 19.4 Å². The fraction of sp³-hybridized carbons (Fsp3) is 0.158. The van der Waals surface area contributed by atoms with Gasteiger partial charge in [0.15, 0.2) is 5.78 Å². The molecule has 2 aromatic carbocycles. The monoisotopic (exact) mass is 340 g/mol. The van der Waals surface area contributed by atoms with Crippen molar-refractivity contribution >= 4 is 23.3 Å². The van der Waals surface area contributed by atoms with Gasteiger partial charge in [0.2, 0.25) is 5.78 Å². The van der Waals surface area contributed by atoms with Crippen molar-refractivity contribution in [2.75, 3.05) is 0 Å². The first-order chi connectivity index (χ1) is 12.0. The summed E-state index contributed by atoms with van der Waals surface area (Å²) >= 11 is 0. The highest BCUT2D eigenvalue weighted by molar-refractivity contribution is 6.37. The molecule has 6 nitrogen and oxygen atoms in total. The predicted molar refractivity (Wildman–Crippen MR) is 88.4 cm³/mol. The third kappa shape index (κ3) is 5.39.